The normalized spacial score (nSPS) is 10.6. The van der Waals surface area contributed by atoms with Crippen LogP contribution >= 0.6 is 11.6 Å². The van der Waals surface area contributed by atoms with E-state index in [2.05, 4.69) is 41.3 Å². The number of ether oxygens (including phenoxy) is 1. The summed E-state index contributed by atoms with van der Waals surface area (Å²) < 4.78 is 5.31. The number of halogens is 1. The molecule has 106 valence electrons. The molecule has 1 heterocycles. The molecule has 0 aliphatic rings. The Balaban J connectivity index is 2.21. The van der Waals surface area contributed by atoms with Crippen LogP contribution in [0, 0.1) is 13.8 Å². The number of hydrogen-bond acceptors (Lipinski definition) is 4. The Hall–Kier alpha value is -1.65. The zero-order chi connectivity index (χ0) is 14.5. The maximum absolute atomic E-state index is 6.01. The summed E-state index contributed by atoms with van der Waals surface area (Å²) in [6, 6.07) is 7.91. The second kappa shape index (κ2) is 6.68. The molecule has 0 amide bonds. The fraction of sp³-hybridized carbons (Fsp3) is 0.333. The van der Waals surface area contributed by atoms with Gasteiger partial charge in [-0.3, -0.25) is 0 Å². The minimum absolute atomic E-state index is 0.360. The maximum atomic E-state index is 6.01. The fourth-order valence-corrected chi connectivity index (χ4v) is 2.08. The van der Waals surface area contributed by atoms with E-state index in [4.69, 9.17) is 16.3 Å². The van der Waals surface area contributed by atoms with Crippen LogP contribution in [0.2, 0.25) is 5.15 Å². The third-order valence-electron chi connectivity index (χ3n) is 2.82. The smallest absolute Gasteiger partial charge is 0.158 e. The lowest BCUT2D eigenvalue weighted by molar-refractivity contribution is 0.128. The second-order valence-corrected chi connectivity index (χ2v) is 4.96. The highest BCUT2D eigenvalue weighted by Crippen LogP contribution is 2.22. The molecule has 2 aromatic rings. The summed E-state index contributed by atoms with van der Waals surface area (Å²) in [5, 5.41) is 3.67. The Morgan fingerprint density at radius 1 is 1.20 bits per heavy atom. The monoisotopic (exact) mass is 291 g/mol. The van der Waals surface area contributed by atoms with Crippen molar-refractivity contribution >= 4 is 23.1 Å². The molecule has 1 aromatic carbocycles. The summed E-state index contributed by atoms with van der Waals surface area (Å²) in [5.41, 5.74) is 3.39. The number of aryl methyl sites for hydroxylation is 2. The average molecular weight is 292 g/mol. The summed E-state index contributed by atoms with van der Waals surface area (Å²) in [4.78, 5) is 8.54. The number of anilines is 2. The molecule has 0 unspecified atom stereocenters. The van der Waals surface area contributed by atoms with Gasteiger partial charge in [-0.25, -0.2) is 9.97 Å². The molecule has 1 N–H and O–H groups in total. The standard InChI is InChI=1S/C15H18ClN3O/c1-4-20-9-15-18-13(16)8-14(19-15)17-12-6-5-10(2)7-11(12)3/h5-8H,4,9H2,1-3H3,(H,17,18,19). The van der Waals surface area contributed by atoms with E-state index >= 15 is 0 Å². The molecule has 0 saturated heterocycles. The summed E-state index contributed by atoms with van der Waals surface area (Å²) >= 11 is 6.01. The van der Waals surface area contributed by atoms with Gasteiger partial charge in [0.1, 0.15) is 17.6 Å². The van der Waals surface area contributed by atoms with Crippen molar-refractivity contribution in [2.45, 2.75) is 27.4 Å². The quantitative estimate of drug-likeness (QED) is 0.845. The van der Waals surface area contributed by atoms with Crippen LogP contribution in [0.15, 0.2) is 24.3 Å². The van der Waals surface area contributed by atoms with Crippen LogP contribution in [-0.4, -0.2) is 16.6 Å². The zero-order valence-electron chi connectivity index (χ0n) is 11.9. The third-order valence-corrected chi connectivity index (χ3v) is 3.01. The van der Waals surface area contributed by atoms with Gasteiger partial charge in [0.05, 0.1) is 0 Å². The molecule has 0 aliphatic carbocycles. The lowest BCUT2D eigenvalue weighted by Gasteiger charge is -2.11. The summed E-state index contributed by atoms with van der Waals surface area (Å²) in [6.45, 7) is 7.03. The minimum atomic E-state index is 0.360. The van der Waals surface area contributed by atoms with Gasteiger partial charge in [-0.1, -0.05) is 29.3 Å². The van der Waals surface area contributed by atoms with Gasteiger partial charge in [0.15, 0.2) is 5.82 Å². The lowest BCUT2D eigenvalue weighted by Crippen LogP contribution is -2.03. The Morgan fingerprint density at radius 3 is 2.70 bits per heavy atom. The summed E-state index contributed by atoms with van der Waals surface area (Å²) in [7, 11) is 0. The lowest BCUT2D eigenvalue weighted by atomic mass is 10.1. The van der Waals surface area contributed by atoms with Gasteiger partial charge in [-0.15, -0.1) is 0 Å². The van der Waals surface area contributed by atoms with E-state index in [9.17, 15) is 0 Å². The first-order valence-electron chi connectivity index (χ1n) is 6.54. The molecule has 0 radical (unpaired) electrons. The van der Waals surface area contributed by atoms with E-state index in [0.29, 0.717) is 30.0 Å². The van der Waals surface area contributed by atoms with E-state index in [-0.39, 0.29) is 0 Å². The number of benzene rings is 1. The van der Waals surface area contributed by atoms with Crippen LogP contribution in [0.5, 0.6) is 0 Å². The van der Waals surface area contributed by atoms with Gasteiger partial charge >= 0.3 is 0 Å². The minimum Gasteiger partial charge on any atom is -0.374 e. The van der Waals surface area contributed by atoms with Gasteiger partial charge in [0, 0.05) is 18.4 Å². The van der Waals surface area contributed by atoms with E-state index < -0.39 is 0 Å². The van der Waals surface area contributed by atoms with Gasteiger partial charge in [-0.2, -0.15) is 0 Å². The van der Waals surface area contributed by atoms with Crippen LogP contribution < -0.4 is 5.32 Å². The first-order valence-corrected chi connectivity index (χ1v) is 6.91. The van der Waals surface area contributed by atoms with Crippen LogP contribution in [0.3, 0.4) is 0 Å². The van der Waals surface area contributed by atoms with Crippen molar-refractivity contribution < 1.29 is 4.74 Å². The maximum Gasteiger partial charge on any atom is 0.158 e. The SMILES string of the molecule is CCOCc1nc(Cl)cc(Nc2ccc(C)cc2C)n1. The van der Waals surface area contributed by atoms with Crippen LogP contribution in [0.25, 0.3) is 0 Å². The number of nitrogens with one attached hydrogen (secondary N) is 1. The average Bonchev–Trinajstić information content (AvgIpc) is 2.39. The van der Waals surface area contributed by atoms with Gasteiger partial charge in [0.2, 0.25) is 0 Å². The van der Waals surface area contributed by atoms with Crippen molar-refractivity contribution in [3.8, 4) is 0 Å². The summed E-state index contributed by atoms with van der Waals surface area (Å²) in [5.74, 6) is 1.25. The molecule has 0 fully saturated rings. The van der Waals surface area contributed by atoms with Crippen molar-refractivity contribution in [1.29, 1.82) is 0 Å². The topological polar surface area (TPSA) is 47.0 Å². The highest BCUT2D eigenvalue weighted by Gasteiger charge is 2.05. The van der Waals surface area contributed by atoms with Crippen molar-refractivity contribution in [3.05, 3.63) is 46.4 Å². The molecule has 20 heavy (non-hydrogen) atoms. The van der Waals surface area contributed by atoms with E-state index in [1.807, 2.05) is 13.0 Å². The molecule has 0 bridgehead atoms. The Kier molecular flexibility index (Phi) is 4.93. The van der Waals surface area contributed by atoms with Crippen molar-refractivity contribution in [3.63, 3.8) is 0 Å². The van der Waals surface area contributed by atoms with E-state index in [1.165, 1.54) is 5.56 Å². The van der Waals surface area contributed by atoms with Crippen LogP contribution in [0.4, 0.5) is 11.5 Å². The molecule has 2 rings (SSSR count). The molecular weight excluding hydrogens is 274 g/mol. The number of nitrogens with zero attached hydrogens (tertiary/aromatic N) is 2. The Labute approximate surface area is 124 Å². The predicted octanol–water partition coefficient (Wildman–Crippen LogP) is 4.03. The Bertz CT molecular complexity index is 602. The second-order valence-electron chi connectivity index (χ2n) is 4.57. The third kappa shape index (κ3) is 3.92. The first-order chi connectivity index (χ1) is 9.58. The fourth-order valence-electron chi connectivity index (χ4n) is 1.88. The van der Waals surface area contributed by atoms with Crippen molar-refractivity contribution in [1.82, 2.24) is 9.97 Å². The number of aromatic nitrogens is 2. The molecule has 0 atom stereocenters. The zero-order valence-corrected chi connectivity index (χ0v) is 12.7. The molecule has 0 spiro atoms. The Morgan fingerprint density at radius 2 is 2.00 bits per heavy atom. The number of rotatable bonds is 5. The largest absolute Gasteiger partial charge is 0.374 e. The van der Waals surface area contributed by atoms with Crippen molar-refractivity contribution in [2.75, 3.05) is 11.9 Å². The van der Waals surface area contributed by atoms with E-state index in [1.54, 1.807) is 6.07 Å². The predicted molar refractivity (Wildman–Crippen MR) is 81.6 cm³/mol. The molecule has 5 heteroatoms. The number of hydrogen-bond donors (Lipinski definition) is 1. The highest BCUT2D eigenvalue weighted by molar-refractivity contribution is 6.29. The van der Waals surface area contributed by atoms with Gasteiger partial charge < -0.3 is 10.1 Å². The molecule has 0 aliphatic heterocycles. The molecule has 0 saturated carbocycles. The van der Waals surface area contributed by atoms with E-state index in [0.717, 1.165) is 11.3 Å². The first kappa shape index (κ1) is 14.8. The molecular formula is C15H18ClN3O. The molecule has 1 aromatic heterocycles. The summed E-state index contributed by atoms with van der Waals surface area (Å²) in [6.07, 6.45) is 0. The highest BCUT2D eigenvalue weighted by atomic mass is 35.5. The molecule has 4 nitrogen and oxygen atoms in total. The van der Waals surface area contributed by atoms with Crippen LogP contribution in [0.1, 0.15) is 23.9 Å². The van der Waals surface area contributed by atoms with Gasteiger partial charge in [-0.05, 0) is 32.4 Å². The van der Waals surface area contributed by atoms with Crippen molar-refractivity contribution in [2.24, 2.45) is 0 Å². The van der Waals surface area contributed by atoms with Gasteiger partial charge in [0.25, 0.3) is 0 Å². The van der Waals surface area contributed by atoms with Crippen LogP contribution in [-0.2, 0) is 11.3 Å².